The van der Waals surface area contributed by atoms with E-state index in [2.05, 4.69) is 83.6 Å². The van der Waals surface area contributed by atoms with Gasteiger partial charge in [-0.3, -0.25) is 0 Å². The Bertz CT molecular complexity index is 1450. The van der Waals surface area contributed by atoms with E-state index >= 15 is 0 Å². The highest BCUT2D eigenvalue weighted by Crippen LogP contribution is 2.48. The fraction of sp³-hybridized carbons (Fsp3) is 0.0714. The molecule has 0 amide bonds. The van der Waals surface area contributed by atoms with Gasteiger partial charge < -0.3 is 9.47 Å². The van der Waals surface area contributed by atoms with Crippen LogP contribution in [0.3, 0.4) is 0 Å². The number of fused-ring (bicyclic) bond motifs is 1. The van der Waals surface area contributed by atoms with Crippen LogP contribution >= 0.6 is 45.3 Å². The maximum Gasteiger partial charge on any atom is 0.135 e. The zero-order valence-corrected chi connectivity index (χ0v) is 21.8. The second-order valence-electron chi connectivity index (χ2n) is 7.67. The maximum absolute atomic E-state index is 5.97. The lowest BCUT2D eigenvalue weighted by Gasteiger charge is -2.15. The van der Waals surface area contributed by atoms with Crippen LogP contribution in [0.2, 0.25) is 0 Å². The van der Waals surface area contributed by atoms with E-state index in [1.807, 2.05) is 0 Å². The van der Waals surface area contributed by atoms with E-state index in [1.54, 1.807) is 59.6 Å². The van der Waals surface area contributed by atoms with E-state index in [9.17, 15) is 0 Å². The molecule has 0 aliphatic heterocycles. The zero-order chi connectivity index (χ0) is 23.1. The van der Waals surface area contributed by atoms with Crippen molar-refractivity contribution in [3.8, 4) is 51.9 Å². The molecule has 34 heavy (non-hydrogen) atoms. The van der Waals surface area contributed by atoms with Crippen molar-refractivity contribution in [3.05, 3.63) is 83.6 Å². The standard InChI is InChI=1S/C28H20O2S4/c1-29-27-17-7-10-20(22-12-14-26(34-22)24-6-4-16-32-24)28(30-2)18(17)8-9-19(27)21-11-13-25(33-21)23-5-3-15-31-23/h3-16H,1-2H3. The van der Waals surface area contributed by atoms with Gasteiger partial charge >= 0.3 is 0 Å². The van der Waals surface area contributed by atoms with E-state index in [0.29, 0.717) is 0 Å². The average Bonchev–Trinajstić information content (AvgIpc) is 3.68. The van der Waals surface area contributed by atoms with Crippen LogP contribution in [0.15, 0.2) is 83.6 Å². The van der Waals surface area contributed by atoms with E-state index in [0.717, 1.165) is 33.4 Å². The minimum atomic E-state index is 0.882. The first-order chi connectivity index (χ1) is 16.8. The molecule has 0 bridgehead atoms. The molecule has 2 nitrogen and oxygen atoms in total. The van der Waals surface area contributed by atoms with Gasteiger partial charge in [-0.2, -0.15) is 0 Å². The number of benzene rings is 2. The van der Waals surface area contributed by atoms with Crippen LogP contribution in [-0.4, -0.2) is 14.2 Å². The molecule has 6 aromatic rings. The summed E-state index contributed by atoms with van der Waals surface area (Å²) in [6.45, 7) is 0. The molecule has 0 aliphatic rings. The van der Waals surface area contributed by atoms with Gasteiger partial charge in [-0.15, -0.1) is 45.3 Å². The van der Waals surface area contributed by atoms with Crippen LogP contribution < -0.4 is 9.47 Å². The van der Waals surface area contributed by atoms with E-state index in [4.69, 9.17) is 9.47 Å². The second kappa shape index (κ2) is 9.04. The van der Waals surface area contributed by atoms with Crippen molar-refractivity contribution in [2.24, 2.45) is 0 Å². The maximum atomic E-state index is 5.97. The highest BCUT2D eigenvalue weighted by molar-refractivity contribution is 7.23. The van der Waals surface area contributed by atoms with Crippen LogP contribution in [0.1, 0.15) is 0 Å². The first kappa shape index (κ1) is 21.6. The molecule has 0 aliphatic carbocycles. The van der Waals surface area contributed by atoms with Gasteiger partial charge in [-0.05, 0) is 71.4 Å². The molecule has 0 N–H and O–H groups in total. The summed E-state index contributed by atoms with van der Waals surface area (Å²) in [5.41, 5.74) is 2.21. The lowest BCUT2D eigenvalue weighted by Crippen LogP contribution is -1.93. The minimum Gasteiger partial charge on any atom is -0.495 e. The first-order valence-corrected chi connectivity index (χ1v) is 14.1. The van der Waals surface area contributed by atoms with Gasteiger partial charge in [0.15, 0.2) is 0 Å². The Balaban J connectivity index is 1.46. The van der Waals surface area contributed by atoms with Crippen molar-refractivity contribution in [2.75, 3.05) is 14.2 Å². The van der Waals surface area contributed by atoms with Gasteiger partial charge in [0.05, 0.1) is 14.2 Å². The van der Waals surface area contributed by atoms with Gasteiger partial charge in [0.2, 0.25) is 0 Å². The van der Waals surface area contributed by atoms with Crippen molar-refractivity contribution in [3.63, 3.8) is 0 Å². The molecular formula is C28H20O2S4. The van der Waals surface area contributed by atoms with Crippen LogP contribution in [-0.2, 0) is 0 Å². The van der Waals surface area contributed by atoms with E-state index < -0.39 is 0 Å². The number of hydrogen-bond acceptors (Lipinski definition) is 6. The highest BCUT2D eigenvalue weighted by atomic mass is 32.1. The molecule has 2 aromatic carbocycles. The fourth-order valence-electron chi connectivity index (χ4n) is 4.25. The zero-order valence-electron chi connectivity index (χ0n) is 18.5. The Kier molecular flexibility index (Phi) is 5.75. The summed E-state index contributed by atoms with van der Waals surface area (Å²) >= 11 is 7.12. The van der Waals surface area contributed by atoms with Crippen molar-refractivity contribution >= 4 is 56.1 Å². The monoisotopic (exact) mass is 516 g/mol. The fourth-order valence-corrected chi connectivity index (χ4v) is 7.97. The normalized spacial score (nSPS) is 11.2. The van der Waals surface area contributed by atoms with Gasteiger partial charge in [0.25, 0.3) is 0 Å². The van der Waals surface area contributed by atoms with Gasteiger partial charge in [-0.1, -0.05) is 12.1 Å². The summed E-state index contributed by atoms with van der Waals surface area (Å²) in [6.07, 6.45) is 0. The summed E-state index contributed by atoms with van der Waals surface area (Å²) in [4.78, 5) is 7.53. The van der Waals surface area contributed by atoms with Crippen LogP contribution in [0.4, 0.5) is 0 Å². The summed E-state index contributed by atoms with van der Waals surface area (Å²) in [5, 5.41) is 6.35. The number of methoxy groups -OCH3 is 2. The summed E-state index contributed by atoms with van der Waals surface area (Å²) in [7, 11) is 3.50. The van der Waals surface area contributed by atoms with Crippen molar-refractivity contribution in [2.45, 2.75) is 0 Å². The molecule has 0 saturated carbocycles. The van der Waals surface area contributed by atoms with Gasteiger partial charge in [-0.25, -0.2) is 0 Å². The lowest BCUT2D eigenvalue weighted by atomic mass is 10.00. The summed E-state index contributed by atoms with van der Waals surface area (Å²) in [5.74, 6) is 1.76. The van der Waals surface area contributed by atoms with E-state index in [-0.39, 0.29) is 0 Å². The third-order valence-electron chi connectivity index (χ3n) is 5.78. The van der Waals surface area contributed by atoms with Crippen molar-refractivity contribution in [1.82, 2.24) is 0 Å². The molecular weight excluding hydrogens is 497 g/mol. The minimum absolute atomic E-state index is 0.882. The molecule has 4 aromatic heterocycles. The van der Waals surface area contributed by atoms with Crippen LogP contribution in [0.5, 0.6) is 11.5 Å². The molecule has 0 atom stereocenters. The number of ether oxygens (including phenoxy) is 2. The second-order valence-corrected chi connectivity index (χ2v) is 11.7. The van der Waals surface area contributed by atoms with E-state index in [1.165, 1.54) is 29.3 Å². The molecule has 0 radical (unpaired) electrons. The molecule has 168 valence electrons. The van der Waals surface area contributed by atoms with Gasteiger partial charge in [0, 0.05) is 51.2 Å². The summed E-state index contributed by atoms with van der Waals surface area (Å²) < 4.78 is 11.9. The average molecular weight is 517 g/mol. The Morgan fingerprint density at radius 3 is 1.29 bits per heavy atom. The number of hydrogen-bond donors (Lipinski definition) is 0. The Morgan fingerprint density at radius 1 is 0.471 bits per heavy atom. The Labute approximate surface area is 214 Å². The largest absolute Gasteiger partial charge is 0.495 e. The molecule has 0 fully saturated rings. The first-order valence-electron chi connectivity index (χ1n) is 10.7. The summed E-state index contributed by atoms with van der Waals surface area (Å²) in [6, 6.07) is 25.9. The molecule has 6 rings (SSSR count). The predicted molar refractivity (Wildman–Crippen MR) is 150 cm³/mol. The molecule has 6 heteroatoms. The highest BCUT2D eigenvalue weighted by Gasteiger charge is 2.19. The smallest absolute Gasteiger partial charge is 0.135 e. The van der Waals surface area contributed by atoms with Crippen LogP contribution in [0, 0.1) is 0 Å². The quantitative estimate of drug-likeness (QED) is 0.219. The Hall–Kier alpha value is -2.90. The van der Waals surface area contributed by atoms with Crippen LogP contribution in [0.25, 0.3) is 51.2 Å². The van der Waals surface area contributed by atoms with Crippen molar-refractivity contribution < 1.29 is 9.47 Å². The third-order valence-corrected chi connectivity index (χ3v) is 10.1. The lowest BCUT2D eigenvalue weighted by molar-refractivity contribution is 0.417. The molecule has 0 unspecified atom stereocenters. The molecule has 4 heterocycles. The molecule has 0 saturated heterocycles. The third kappa shape index (κ3) is 3.67. The number of thiophene rings is 4. The SMILES string of the molecule is COc1c(-c2ccc(-c3cccs3)s2)ccc2c(OC)c(-c3ccc(-c4cccs4)s3)ccc12. The molecule has 0 spiro atoms. The topological polar surface area (TPSA) is 18.5 Å². The van der Waals surface area contributed by atoms with Crippen molar-refractivity contribution in [1.29, 1.82) is 0 Å². The number of rotatable bonds is 6. The Morgan fingerprint density at radius 2 is 0.912 bits per heavy atom. The van der Waals surface area contributed by atoms with Gasteiger partial charge in [0.1, 0.15) is 11.5 Å². The predicted octanol–water partition coefficient (Wildman–Crippen LogP) is 9.77.